The summed E-state index contributed by atoms with van der Waals surface area (Å²) in [5.41, 5.74) is 3.44. The third-order valence-electron chi connectivity index (χ3n) is 3.04. The van der Waals surface area contributed by atoms with E-state index in [0.717, 1.165) is 36.8 Å². The average molecular weight is 224 g/mol. The maximum atomic E-state index is 11.7. The van der Waals surface area contributed by atoms with Crippen molar-refractivity contribution in [2.75, 3.05) is 6.26 Å². The van der Waals surface area contributed by atoms with E-state index in [1.54, 1.807) is 0 Å². The first-order chi connectivity index (χ1) is 7.02. The molecule has 0 spiro atoms. The molecule has 15 heavy (non-hydrogen) atoms. The van der Waals surface area contributed by atoms with E-state index in [-0.39, 0.29) is 0 Å². The van der Waals surface area contributed by atoms with Crippen LogP contribution in [0.15, 0.2) is 17.0 Å². The molecule has 2 rings (SSSR count). The number of aryl methyl sites for hydroxylation is 2. The molecule has 3 heteroatoms. The van der Waals surface area contributed by atoms with Gasteiger partial charge in [-0.05, 0) is 48.4 Å². The van der Waals surface area contributed by atoms with E-state index in [0.29, 0.717) is 4.90 Å². The average Bonchev–Trinajstić information content (AvgIpc) is 2.61. The van der Waals surface area contributed by atoms with Gasteiger partial charge in [0.05, 0.1) is 4.90 Å². The molecule has 2 nitrogen and oxygen atoms in total. The Labute approximate surface area is 91.2 Å². The summed E-state index contributed by atoms with van der Waals surface area (Å²) in [6.07, 6.45) is 5.24. The van der Waals surface area contributed by atoms with Crippen molar-refractivity contribution in [3.05, 3.63) is 28.8 Å². The standard InChI is InChI=1S/C12H16O2S/c1-3-9-7-10-5-4-6-11(10)12(8-9)15(2,13)14/h7-8H,3-6H2,1-2H3. The minimum Gasteiger partial charge on any atom is -0.224 e. The van der Waals surface area contributed by atoms with Crippen LogP contribution in [-0.4, -0.2) is 14.7 Å². The Balaban J connectivity index is 2.68. The van der Waals surface area contributed by atoms with Crippen LogP contribution >= 0.6 is 0 Å². The quantitative estimate of drug-likeness (QED) is 0.771. The topological polar surface area (TPSA) is 34.1 Å². The molecular formula is C12H16O2S. The van der Waals surface area contributed by atoms with Gasteiger partial charge in [-0.2, -0.15) is 0 Å². The molecule has 0 aliphatic heterocycles. The minimum absolute atomic E-state index is 0.564. The largest absolute Gasteiger partial charge is 0.224 e. The Hall–Kier alpha value is -0.830. The number of fused-ring (bicyclic) bond motifs is 1. The van der Waals surface area contributed by atoms with E-state index in [1.165, 1.54) is 11.8 Å². The SMILES string of the molecule is CCc1cc2c(c(S(C)(=O)=O)c1)CCC2. The van der Waals surface area contributed by atoms with Gasteiger partial charge in [-0.3, -0.25) is 0 Å². The molecule has 0 aromatic heterocycles. The lowest BCUT2D eigenvalue weighted by molar-refractivity contribution is 0.600. The molecule has 0 saturated carbocycles. The third-order valence-corrected chi connectivity index (χ3v) is 4.20. The summed E-state index contributed by atoms with van der Waals surface area (Å²) in [5.74, 6) is 0. The molecule has 0 N–H and O–H groups in total. The Morgan fingerprint density at radius 3 is 2.60 bits per heavy atom. The van der Waals surface area contributed by atoms with Gasteiger partial charge in [0.1, 0.15) is 0 Å². The second-order valence-corrected chi connectivity index (χ2v) is 6.20. The van der Waals surface area contributed by atoms with Crippen molar-refractivity contribution in [1.29, 1.82) is 0 Å². The van der Waals surface area contributed by atoms with Crippen LogP contribution in [0.1, 0.15) is 30.0 Å². The molecule has 0 atom stereocenters. The highest BCUT2D eigenvalue weighted by Gasteiger charge is 2.21. The van der Waals surface area contributed by atoms with Gasteiger partial charge in [-0.15, -0.1) is 0 Å². The number of sulfone groups is 1. The van der Waals surface area contributed by atoms with E-state index in [2.05, 4.69) is 13.0 Å². The van der Waals surface area contributed by atoms with Crippen LogP contribution in [0.3, 0.4) is 0 Å². The lowest BCUT2D eigenvalue weighted by Gasteiger charge is -2.09. The second kappa shape index (κ2) is 3.63. The normalized spacial score (nSPS) is 15.3. The highest BCUT2D eigenvalue weighted by molar-refractivity contribution is 7.90. The highest BCUT2D eigenvalue weighted by atomic mass is 32.2. The Bertz CT molecular complexity index is 487. The van der Waals surface area contributed by atoms with Gasteiger partial charge in [0.15, 0.2) is 9.84 Å². The van der Waals surface area contributed by atoms with Gasteiger partial charge < -0.3 is 0 Å². The van der Waals surface area contributed by atoms with Gasteiger partial charge in [-0.25, -0.2) is 8.42 Å². The lowest BCUT2D eigenvalue weighted by atomic mass is 10.0. The first-order valence-corrected chi connectivity index (χ1v) is 7.26. The fourth-order valence-electron chi connectivity index (χ4n) is 2.26. The minimum atomic E-state index is -3.06. The number of benzene rings is 1. The van der Waals surface area contributed by atoms with Crippen LogP contribution in [0.4, 0.5) is 0 Å². The van der Waals surface area contributed by atoms with Gasteiger partial charge in [0, 0.05) is 6.26 Å². The lowest BCUT2D eigenvalue weighted by Crippen LogP contribution is -2.03. The van der Waals surface area contributed by atoms with Crippen LogP contribution < -0.4 is 0 Å². The molecular weight excluding hydrogens is 208 g/mol. The summed E-state index contributed by atoms with van der Waals surface area (Å²) in [4.78, 5) is 0.564. The summed E-state index contributed by atoms with van der Waals surface area (Å²) in [6.45, 7) is 2.06. The monoisotopic (exact) mass is 224 g/mol. The predicted octanol–water partition coefficient (Wildman–Crippen LogP) is 2.14. The molecule has 0 unspecified atom stereocenters. The summed E-state index contributed by atoms with van der Waals surface area (Å²) < 4.78 is 23.3. The highest BCUT2D eigenvalue weighted by Crippen LogP contribution is 2.30. The fourth-order valence-corrected chi connectivity index (χ4v) is 3.31. The maximum Gasteiger partial charge on any atom is 0.175 e. The first-order valence-electron chi connectivity index (χ1n) is 5.37. The molecule has 0 bridgehead atoms. The second-order valence-electron chi connectivity index (χ2n) is 4.21. The Morgan fingerprint density at radius 1 is 1.27 bits per heavy atom. The van der Waals surface area contributed by atoms with E-state index in [9.17, 15) is 8.42 Å². The maximum absolute atomic E-state index is 11.7. The summed E-state index contributed by atoms with van der Waals surface area (Å²) in [6, 6.07) is 4.01. The molecule has 0 heterocycles. The zero-order valence-electron chi connectivity index (χ0n) is 9.21. The van der Waals surface area contributed by atoms with Crippen molar-refractivity contribution in [2.45, 2.75) is 37.5 Å². The first kappa shape index (κ1) is 10.7. The molecule has 1 aromatic carbocycles. The van der Waals surface area contributed by atoms with Crippen molar-refractivity contribution in [3.8, 4) is 0 Å². The molecule has 82 valence electrons. The summed E-state index contributed by atoms with van der Waals surface area (Å²) in [7, 11) is -3.06. The molecule has 1 aliphatic rings. The van der Waals surface area contributed by atoms with Crippen molar-refractivity contribution in [2.24, 2.45) is 0 Å². The van der Waals surface area contributed by atoms with Crippen molar-refractivity contribution in [1.82, 2.24) is 0 Å². The fraction of sp³-hybridized carbons (Fsp3) is 0.500. The third kappa shape index (κ3) is 1.93. The van der Waals surface area contributed by atoms with Crippen LogP contribution in [0.5, 0.6) is 0 Å². The predicted molar refractivity (Wildman–Crippen MR) is 61.0 cm³/mol. The van der Waals surface area contributed by atoms with Crippen LogP contribution in [0.2, 0.25) is 0 Å². The number of hydrogen-bond acceptors (Lipinski definition) is 2. The van der Waals surface area contributed by atoms with Gasteiger partial charge in [0.25, 0.3) is 0 Å². The zero-order chi connectivity index (χ0) is 11.1. The van der Waals surface area contributed by atoms with Crippen LogP contribution in [0, 0.1) is 0 Å². The van der Waals surface area contributed by atoms with E-state index in [4.69, 9.17) is 0 Å². The van der Waals surface area contributed by atoms with Crippen LogP contribution in [0.25, 0.3) is 0 Å². The molecule has 0 fully saturated rings. The Morgan fingerprint density at radius 2 is 2.00 bits per heavy atom. The van der Waals surface area contributed by atoms with E-state index in [1.807, 2.05) is 6.07 Å². The van der Waals surface area contributed by atoms with Crippen LogP contribution in [-0.2, 0) is 29.1 Å². The van der Waals surface area contributed by atoms with Gasteiger partial charge in [-0.1, -0.05) is 13.0 Å². The van der Waals surface area contributed by atoms with Gasteiger partial charge >= 0.3 is 0 Å². The number of hydrogen-bond donors (Lipinski definition) is 0. The summed E-state index contributed by atoms with van der Waals surface area (Å²) in [5, 5.41) is 0. The molecule has 0 radical (unpaired) electrons. The van der Waals surface area contributed by atoms with E-state index >= 15 is 0 Å². The molecule has 1 aliphatic carbocycles. The van der Waals surface area contributed by atoms with Crippen molar-refractivity contribution >= 4 is 9.84 Å². The molecule has 0 saturated heterocycles. The smallest absolute Gasteiger partial charge is 0.175 e. The number of rotatable bonds is 2. The summed E-state index contributed by atoms with van der Waals surface area (Å²) >= 11 is 0. The Kier molecular flexibility index (Phi) is 2.59. The molecule has 1 aromatic rings. The molecule has 0 amide bonds. The van der Waals surface area contributed by atoms with Crippen molar-refractivity contribution < 1.29 is 8.42 Å². The zero-order valence-corrected chi connectivity index (χ0v) is 10.0. The van der Waals surface area contributed by atoms with E-state index < -0.39 is 9.84 Å². The van der Waals surface area contributed by atoms with Crippen molar-refractivity contribution in [3.63, 3.8) is 0 Å². The van der Waals surface area contributed by atoms with Gasteiger partial charge in [0.2, 0.25) is 0 Å².